The van der Waals surface area contributed by atoms with Crippen LogP contribution in [-0.2, 0) is 21.4 Å². The van der Waals surface area contributed by atoms with Crippen molar-refractivity contribution < 1.29 is 13.2 Å². The highest BCUT2D eigenvalue weighted by Crippen LogP contribution is 2.27. The maximum atomic E-state index is 12.9. The van der Waals surface area contributed by atoms with Crippen LogP contribution in [0.1, 0.15) is 19.4 Å². The molecule has 30 heavy (non-hydrogen) atoms. The van der Waals surface area contributed by atoms with E-state index in [0.717, 1.165) is 37.7 Å². The molecule has 0 aliphatic carbocycles. The van der Waals surface area contributed by atoms with Gasteiger partial charge in [0.1, 0.15) is 6.04 Å². The largest absolute Gasteiger partial charge is 0.324 e. The van der Waals surface area contributed by atoms with E-state index in [9.17, 15) is 18.0 Å². The summed E-state index contributed by atoms with van der Waals surface area (Å²) in [6.45, 7) is 5.77. The van der Waals surface area contributed by atoms with Gasteiger partial charge < -0.3 is 5.32 Å². The third kappa shape index (κ3) is 4.38. The summed E-state index contributed by atoms with van der Waals surface area (Å²) in [7, 11) is -3.75. The lowest BCUT2D eigenvalue weighted by Crippen LogP contribution is -2.45. The summed E-state index contributed by atoms with van der Waals surface area (Å²) in [5.74, 6) is -0.501. The van der Waals surface area contributed by atoms with Crippen LogP contribution in [0, 0.1) is 6.92 Å². The Morgan fingerprint density at radius 3 is 2.57 bits per heavy atom. The van der Waals surface area contributed by atoms with E-state index >= 15 is 0 Å². The molecule has 10 heteroatoms. The molecule has 2 aromatic carbocycles. The van der Waals surface area contributed by atoms with Crippen molar-refractivity contribution in [1.82, 2.24) is 4.57 Å². The number of carbonyl (C=O) groups is 1. The number of fused-ring (bicyclic) bond motifs is 1. The topological polar surface area (TPSA) is 88.5 Å². The van der Waals surface area contributed by atoms with E-state index in [0.29, 0.717) is 22.9 Å². The minimum absolute atomic E-state index is 0.0659. The molecule has 1 amide bonds. The normalized spacial score (nSPS) is 12.7. The lowest BCUT2D eigenvalue weighted by Gasteiger charge is -2.28. The predicted molar refractivity (Wildman–Crippen MR) is 123 cm³/mol. The first-order valence-corrected chi connectivity index (χ1v) is 12.3. The first kappa shape index (κ1) is 22.3. The Bertz CT molecular complexity index is 1280. The highest BCUT2D eigenvalue weighted by molar-refractivity contribution is 7.92. The zero-order valence-corrected chi connectivity index (χ0v) is 19.4. The molecule has 160 valence electrons. The number of nitrogens with zero attached hydrogens (tertiary/aromatic N) is 2. The summed E-state index contributed by atoms with van der Waals surface area (Å²) in [4.78, 5) is 24.8. The van der Waals surface area contributed by atoms with E-state index in [1.54, 1.807) is 34.9 Å². The molecular weight excluding hydrogens is 446 g/mol. The van der Waals surface area contributed by atoms with Gasteiger partial charge in [0, 0.05) is 17.3 Å². The lowest BCUT2D eigenvalue weighted by atomic mass is 10.2. The van der Waals surface area contributed by atoms with Crippen molar-refractivity contribution in [2.24, 2.45) is 0 Å². The lowest BCUT2D eigenvalue weighted by molar-refractivity contribution is -0.116. The maximum Gasteiger partial charge on any atom is 0.308 e. The molecule has 1 aromatic heterocycles. The van der Waals surface area contributed by atoms with Crippen LogP contribution >= 0.6 is 22.9 Å². The Hall–Kier alpha value is -2.36. The van der Waals surface area contributed by atoms with Crippen molar-refractivity contribution in [3.05, 3.63) is 56.7 Å². The van der Waals surface area contributed by atoms with Crippen molar-refractivity contribution in [2.45, 2.75) is 33.4 Å². The third-order valence-corrected chi connectivity index (χ3v) is 7.34. The molecule has 0 radical (unpaired) electrons. The average Bonchev–Trinajstić information content (AvgIpc) is 2.97. The molecule has 1 unspecified atom stereocenters. The van der Waals surface area contributed by atoms with Crippen LogP contribution in [0.2, 0.25) is 5.02 Å². The van der Waals surface area contributed by atoms with Crippen LogP contribution in [0.3, 0.4) is 0 Å². The summed E-state index contributed by atoms with van der Waals surface area (Å²) >= 11 is 7.25. The minimum atomic E-state index is -3.75. The minimum Gasteiger partial charge on any atom is -0.324 e. The fraction of sp³-hybridized carbons (Fsp3) is 0.300. The molecule has 0 aliphatic heterocycles. The molecule has 1 N–H and O–H groups in total. The summed E-state index contributed by atoms with van der Waals surface area (Å²) < 4.78 is 28.3. The van der Waals surface area contributed by atoms with Crippen molar-refractivity contribution >= 4 is 60.5 Å². The molecule has 0 spiro atoms. The van der Waals surface area contributed by atoms with Gasteiger partial charge in [-0.15, -0.1) is 0 Å². The highest BCUT2D eigenvalue weighted by Gasteiger charge is 2.29. The molecule has 0 saturated heterocycles. The number of aryl methyl sites for hydroxylation is 2. The van der Waals surface area contributed by atoms with Crippen LogP contribution in [0.5, 0.6) is 0 Å². The van der Waals surface area contributed by atoms with Crippen molar-refractivity contribution in [1.29, 1.82) is 0 Å². The van der Waals surface area contributed by atoms with Gasteiger partial charge in [-0.3, -0.25) is 18.5 Å². The number of thiazole rings is 1. The number of carbonyl (C=O) groups excluding carboxylic acids is 1. The zero-order chi connectivity index (χ0) is 22.2. The monoisotopic (exact) mass is 467 g/mol. The second kappa shape index (κ2) is 8.41. The second-order valence-electron chi connectivity index (χ2n) is 6.95. The molecule has 1 atom stereocenters. The Balaban J connectivity index is 1.91. The van der Waals surface area contributed by atoms with Gasteiger partial charge >= 0.3 is 4.87 Å². The first-order chi connectivity index (χ1) is 14.0. The first-order valence-electron chi connectivity index (χ1n) is 9.22. The van der Waals surface area contributed by atoms with Gasteiger partial charge in [0.15, 0.2) is 0 Å². The van der Waals surface area contributed by atoms with E-state index in [1.807, 2.05) is 13.8 Å². The van der Waals surface area contributed by atoms with Gasteiger partial charge in [0.25, 0.3) is 0 Å². The molecule has 1 heterocycles. The summed E-state index contributed by atoms with van der Waals surface area (Å²) in [6, 6.07) is 9.00. The summed E-state index contributed by atoms with van der Waals surface area (Å²) in [6.07, 6.45) is 1.04. The standard InChI is InChI=1S/C20H22ClN3O4S2/c1-5-23-17-9-7-14(10-18(17)29-20(23)26)22-19(25)13(3)24(30(4,27)28)15-8-6-12(2)16(21)11-15/h6-11,13H,5H2,1-4H3,(H,22,25). The maximum absolute atomic E-state index is 12.9. The third-order valence-electron chi connectivity index (χ3n) is 4.75. The molecule has 7 nitrogen and oxygen atoms in total. The average molecular weight is 468 g/mol. The zero-order valence-electron chi connectivity index (χ0n) is 17.0. The highest BCUT2D eigenvalue weighted by atomic mass is 35.5. The number of benzene rings is 2. The van der Waals surface area contributed by atoms with Crippen molar-refractivity contribution in [2.75, 3.05) is 15.9 Å². The number of halogens is 1. The molecular formula is C20H22ClN3O4S2. The number of aromatic nitrogens is 1. The van der Waals surface area contributed by atoms with Crippen LogP contribution in [0.15, 0.2) is 41.2 Å². The number of rotatable bonds is 6. The van der Waals surface area contributed by atoms with E-state index in [4.69, 9.17) is 11.6 Å². The Kier molecular flexibility index (Phi) is 6.26. The van der Waals surface area contributed by atoms with Gasteiger partial charge in [-0.25, -0.2) is 8.42 Å². The van der Waals surface area contributed by atoms with E-state index in [2.05, 4.69) is 5.32 Å². The van der Waals surface area contributed by atoms with Gasteiger partial charge in [-0.1, -0.05) is 29.0 Å². The molecule has 3 aromatic rings. The van der Waals surface area contributed by atoms with Crippen LogP contribution in [0.4, 0.5) is 11.4 Å². The fourth-order valence-electron chi connectivity index (χ4n) is 3.22. The van der Waals surface area contributed by atoms with Gasteiger partial charge in [-0.2, -0.15) is 0 Å². The molecule has 0 saturated carbocycles. The molecule has 0 fully saturated rings. The number of anilines is 2. The van der Waals surface area contributed by atoms with E-state index in [1.165, 1.54) is 13.0 Å². The van der Waals surface area contributed by atoms with Crippen molar-refractivity contribution in [3.8, 4) is 0 Å². The van der Waals surface area contributed by atoms with Gasteiger partial charge in [0.05, 0.1) is 22.2 Å². The number of sulfonamides is 1. The van der Waals surface area contributed by atoms with Crippen LogP contribution in [-0.4, -0.2) is 31.2 Å². The Morgan fingerprint density at radius 2 is 1.97 bits per heavy atom. The Morgan fingerprint density at radius 1 is 1.27 bits per heavy atom. The smallest absolute Gasteiger partial charge is 0.308 e. The quantitative estimate of drug-likeness (QED) is 0.596. The second-order valence-corrected chi connectivity index (χ2v) is 10.2. The van der Waals surface area contributed by atoms with Gasteiger partial charge in [0.2, 0.25) is 15.9 Å². The fourth-order valence-corrected chi connectivity index (χ4v) is 5.55. The number of hydrogen-bond donors (Lipinski definition) is 1. The summed E-state index contributed by atoms with van der Waals surface area (Å²) in [5, 5.41) is 3.16. The van der Waals surface area contributed by atoms with Crippen LogP contribution in [0.25, 0.3) is 10.2 Å². The molecule has 0 bridgehead atoms. The number of amides is 1. The number of hydrogen-bond acceptors (Lipinski definition) is 5. The van der Waals surface area contributed by atoms with Crippen molar-refractivity contribution in [3.63, 3.8) is 0 Å². The molecule has 3 rings (SSSR count). The van der Waals surface area contributed by atoms with Crippen LogP contribution < -0.4 is 14.5 Å². The summed E-state index contributed by atoms with van der Waals surface area (Å²) in [5.41, 5.74) is 2.39. The van der Waals surface area contributed by atoms with E-state index in [-0.39, 0.29) is 4.87 Å². The van der Waals surface area contributed by atoms with E-state index < -0.39 is 22.0 Å². The number of nitrogens with one attached hydrogen (secondary N) is 1. The van der Waals surface area contributed by atoms with Gasteiger partial charge in [-0.05, 0) is 56.7 Å². The Labute approximate surface area is 183 Å². The predicted octanol–water partition coefficient (Wildman–Crippen LogP) is 3.84. The SMILES string of the molecule is CCn1c(=O)sc2cc(NC(=O)C(C)N(c3ccc(C)c(Cl)c3)S(C)(=O)=O)ccc21. The molecule has 0 aliphatic rings.